The van der Waals surface area contributed by atoms with Crippen LogP contribution in [0.3, 0.4) is 0 Å². The maximum absolute atomic E-state index is 10.1. The minimum Gasteiger partial charge on any atom is -0.506 e. The first-order valence-electron chi connectivity index (χ1n) is 6.59. The van der Waals surface area contributed by atoms with Crippen LogP contribution in [0.4, 0.5) is 11.4 Å². The zero-order valence-corrected chi connectivity index (χ0v) is 11.5. The fourth-order valence-electron chi connectivity index (χ4n) is 2.26. The third-order valence-corrected chi connectivity index (χ3v) is 3.27. The number of phenols is 1. The van der Waals surface area contributed by atoms with Gasteiger partial charge in [-0.1, -0.05) is 0 Å². The van der Waals surface area contributed by atoms with Crippen molar-refractivity contribution in [3.63, 3.8) is 0 Å². The van der Waals surface area contributed by atoms with Crippen molar-refractivity contribution in [1.29, 1.82) is 0 Å². The number of likely N-dealkylation sites (N-methyl/N-ethyl adjacent to an activating group) is 1. The largest absolute Gasteiger partial charge is 0.506 e. The molecule has 1 aliphatic rings. The van der Waals surface area contributed by atoms with Crippen LogP contribution in [-0.4, -0.2) is 49.3 Å². The zero-order chi connectivity index (χ0) is 13.1. The van der Waals surface area contributed by atoms with E-state index in [2.05, 4.69) is 36.0 Å². The molecule has 0 amide bonds. The summed E-state index contributed by atoms with van der Waals surface area (Å²) in [6.45, 7) is 8.22. The number of nitrogens with one attached hydrogen (secondary N) is 1. The van der Waals surface area contributed by atoms with Gasteiger partial charge in [0.05, 0.1) is 5.69 Å². The fourth-order valence-corrected chi connectivity index (χ4v) is 2.26. The number of hydrogen-bond acceptors (Lipinski definition) is 4. The van der Waals surface area contributed by atoms with Crippen molar-refractivity contribution in [2.75, 3.05) is 43.4 Å². The summed E-state index contributed by atoms with van der Waals surface area (Å²) in [4.78, 5) is 4.55. The summed E-state index contributed by atoms with van der Waals surface area (Å²) < 4.78 is 0. The quantitative estimate of drug-likeness (QED) is 0.859. The van der Waals surface area contributed by atoms with Gasteiger partial charge in [0.25, 0.3) is 0 Å². The third-order valence-electron chi connectivity index (χ3n) is 3.27. The van der Waals surface area contributed by atoms with Gasteiger partial charge in [-0.05, 0) is 33.0 Å². The topological polar surface area (TPSA) is 38.7 Å². The van der Waals surface area contributed by atoms with E-state index in [9.17, 15) is 5.11 Å². The molecule has 1 heterocycles. The Morgan fingerprint density at radius 2 is 1.83 bits per heavy atom. The number of phenolic OH excluding ortho intramolecular Hbond substituents is 1. The summed E-state index contributed by atoms with van der Waals surface area (Å²) >= 11 is 0. The first-order chi connectivity index (χ1) is 8.56. The minimum atomic E-state index is 0.366. The van der Waals surface area contributed by atoms with Gasteiger partial charge in [-0.15, -0.1) is 0 Å². The average Bonchev–Trinajstić information content (AvgIpc) is 2.30. The highest BCUT2D eigenvalue weighted by atomic mass is 16.3. The van der Waals surface area contributed by atoms with Crippen molar-refractivity contribution in [3.8, 4) is 5.75 Å². The highest BCUT2D eigenvalue weighted by molar-refractivity contribution is 5.64. The summed E-state index contributed by atoms with van der Waals surface area (Å²) in [5.41, 5.74) is 1.91. The van der Waals surface area contributed by atoms with Crippen LogP contribution in [0.2, 0.25) is 0 Å². The molecule has 0 aliphatic carbocycles. The molecule has 0 bridgehead atoms. The molecule has 0 radical (unpaired) electrons. The molecule has 1 fully saturated rings. The molecule has 1 aromatic rings. The van der Waals surface area contributed by atoms with Crippen molar-refractivity contribution < 1.29 is 5.11 Å². The lowest BCUT2D eigenvalue weighted by Gasteiger charge is -2.34. The summed E-state index contributed by atoms with van der Waals surface area (Å²) in [5.74, 6) is 0.366. The third kappa shape index (κ3) is 3.07. The molecule has 4 nitrogen and oxygen atoms in total. The van der Waals surface area contributed by atoms with E-state index < -0.39 is 0 Å². The Kier molecular flexibility index (Phi) is 3.97. The SMILES string of the molecule is CC(C)Nc1ccc(N2CCN(C)CC2)c(O)c1. The van der Waals surface area contributed by atoms with E-state index in [1.54, 1.807) is 0 Å². The number of piperazine rings is 1. The minimum absolute atomic E-state index is 0.366. The van der Waals surface area contributed by atoms with Crippen LogP contribution in [0, 0.1) is 0 Å². The molecule has 4 heteroatoms. The van der Waals surface area contributed by atoms with Crippen molar-refractivity contribution in [1.82, 2.24) is 4.90 Å². The van der Waals surface area contributed by atoms with E-state index in [-0.39, 0.29) is 0 Å². The van der Waals surface area contributed by atoms with Gasteiger partial charge >= 0.3 is 0 Å². The fraction of sp³-hybridized carbons (Fsp3) is 0.571. The Morgan fingerprint density at radius 1 is 1.17 bits per heavy atom. The number of rotatable bonds is 3. The van der Waals surface area contributed by atoms with Crippen LogP contribution in [0.5, 0.6) is 5.75 Å². The predicted molar refractivity (Wildman–Crippen MR) is 76.6 cm³/mol. The van der Waals surface area contributed by atoms with Crippen molar-refractivity contribution in [2.24, 2.45) is 0 Å². The lowest BCUT2D eigenvalue weighted by Crippen LogP contribution is -2.44. The van der Waals surface area contributed by atoms with Crippen LogP contribution in [-0.2, 0) is 0 Å². The van der Waals surface area contributed by atoms with Crippen molar-refractivity contribution >= 4 is 11.4 Å². The Balaban J connectivity index is 2.09. The Hall–Kier alpha value is -1.42. The van der Waals surface area contributed by atoms with Crippen LogP contribution in [0.25, 0.3) is 0 Å². The number of anilines is 2. The van der Waals surface area contributed by atoms with Gasteiger partial charge in [-0.25, -0.2) is 0 Å². The highest BCUT2D eigenvalue weighted by Gasteiger charge is 2.17. The van der Waals surface area contributed by atoms with Crippen LogP contribution < -0.4 is 10.2 Å². The molecular formula is C14H23N3O. The highest BCUT2D eigenvalue weighted by Crippen LogP contribution is 2.31. The van der Waals surface area contributed by atoms with Gasteiger partial charge in [0.2, 0.25) is 0 Å². The number of hydrogen-bond donors (Lipinski definition) is 2. The molecule has 1 saturated heterocycles. The summed E-state index contributed by atoms with van der Waals surface area (Å²) in [6.07, 6.45) is 0. The van der Waals surface area contributed by atoms with E-state index in [4.69, 9.17) is 0 Å². The van der Waals surface area contributed by atoms with Gasteiger partial charge < -0.3 is 20.2 Å². The van der Waals surface area contributed by atoms with Gasteiger partial charge in [-0.3, -0.25) is 0 Å². The Labute approximate surface area is 109 Å². The Morgan fingerprint density at radius 3 is 2.39 bits per heavy atom. The number of benzene rings is 1. The van der Waals surface area contributed by atoms with E-state index in [0.717, 1.165) is 37.6 Å². The average molecular weight is 249 g/mol. The maximum atomic E-state index is 10.1. The molecule has 0 spiro atoms. The van der Waals surface area contributed by atoms with Crippen LogP contribution in [0.1, 0.15) is 13.8 Å². The number of nitrogens with zero attached hydrogens (tertiary/aromatic N) is 2. The molecule has 2 rings (SSSR count). The number of aromatic hydroxyl groups is 1. The Bertz CT molecular complexity index is 398. The predicted octanol–water partition coefficient (Wildman–Crippen LogP) is 1.96. The summed E-state index contributed by atoms with van der Waals surface area (Å²) in [5, 5.41) is 13.4. The lowest BCUT2D eigenvalue weighted by atomic mass is 10.2. The monoisotopic (exact) mass is 249 g/mol. The smallest absolute Gasteiger partial charge is 0.140 e. The second-order valence-electron chi connectivity index (χ2n) is 5.29. The van der Waals surface area contributed by atoms with Gasteiger partial charge in [0, 0.05) is 44.0 Å². The zero-order valence-electron chi connectivity index (χ0n) is 11.5. The van der Waals surface area contributed by atoms with Crippen molar-refractivity contribution in [3.05, 3.63) is 18.2 Å². The first kappa shape index (κ1) is 13.0. The van der Waals surface area contributed by atoms with Crippen LogP contribution >= 0.6 is 0 Å². The van der Waals surface area contributed by atoms with E-state index in [1.807, 2.05) is 18.2 Å². The van der Waals surface area contributed by atoms with E-state index in [1.165, 1.54) is 0 Å². The first-order valence-corrected chi connectivity index (χ1v) is 6.59. The molecule has 0 aromatic heterocycles. The molecule has 100 valence electrons. The normalized spacial score (nSPS) is 17.2. The molecular weight excluding hydrogens is 226 g/mol. The molecule has 0 unspecified atom stereocenters. The lowest BCUT2D eigenvalue weighted by molar-refractivity contribution is 0.311. The molecule has 0 atom stereocenters. The standard InChI is InChI=1S/C14H23N3O/c1-11(2)15-12-4-5-13(14(18)10-12)17-8-6-16(3)7-9-17/h4-5,10-11,15,18H,6-9H2,1-3H3. The van der Waals surface area contributed by atoms with Gasteiger partial charge in [-0.2, -0.15) is 0 Å². The van der Waals surface area contributed by atoms with Gasteiger partial charge in [0.15, 0.2) is 0 Å². The van der Waals surface area contributed by atoms with Crippen LogP contribution in [0.15, 0.2) is 18.2 Å². The molecule has 1 aromatic carbocycles. The van der Waals surface area contributed by atoms with E-state index in [0.29, 0.717) is 11.8 Å². The van der Waals surface area contributed by atoms with E-state index >= 15 is 0 Å². The second-order valence-corrected chi connectivity index (χ2v) is 5.29. The molecule has 2 N–H and O–H groups in total. The maximum Gasteiger partial charge on any atom is 0.140 e. The second kappa shape index (κ2) is 5.48. The van der Waals surface area contributed by atoms with Gasteiger partial charge in [0.1, 0.15) is 5.75 Å². The summed E-state index contributed by atoms with van der Waals surface area (Å²) in [7, 11) is 2.13. The molecule has 18 heavy (non-hydrogen) atoms. The summed E-state index contributed by atoms with van der Waals surface area (Å²) in [6, 6.07) is 6.23. The molecule has 1 aliphatic heterocycles. The molecule has 0 saturated carbocycles. The van der Waals surface area contributed by atoms with Crippen molar-refractivity contribution in [2.45, 2.75) is 19.9 Å².